The second-order valence-electron chi connectivity index (χ2n) is 5.22. The minimum atomic E-state index is -0.131. The second kappa shape index (κ2) is 5.71. The van der Waals surface area contributed by atoms with Crippen molar-refractivity contribution in [1.82, 2.24) is 4.90 Å². The Hall–Kier alpha value is -1.07. The number of piperidine rings is 1. The summed E-state index contributed by atoms with van der Waals surface area (Å²) in [5.41, 5.74) is 5.63. The van der Waals surface area contributed by atoms with E-state index in [-0.39, 0.29) is 5.41 Å². The van der Waals surface area contributed by atoms with Gasteiger partial charge in [-0.2, -0.15) is 0 Å². The first-order chi connectivity index (χ1) is 8.64. The Bertz CT molecular complexity index is 394. The Morgan fingerprint density at radius 2 is 2.28 bits per heavy atom. The number of hydrogen-bond acceptors (Lipinski definition) is 4. The maximum absolute atomic E-state index is 8.80. The third-order valence-electron chi connectivity index (χ3n) is 3.94. The minimum absolute atomic E-state index is 0.131. The molecule has 1 fully saturated rings. The van der Waals surface area contributed by atoms with Crippen LogP contribution in [0.2, 0.25) is 0 Å². The fourth-order valence-corrected chi connectivity index (χ4v) is 3.07. The maximum atomic E-state index is 8.80. The Morgan fingerprint density at radius 1 is 1.56 bits per heavy atom. The van der Waals surface area contributed by atoms with Crippen LogP contribution in [0.15, 0.2) is 22.7 Å². The van der Waals surface area contributed by atoms with Crippen molar-refractivity contribution in [3.8, 4) is 0 Å². The summed E-state index contributed by atoms with van der Waals surface area (Å²) in [6.45, 7) is 5.24. The van der Waals surface area contributed by atoms with Gasteiger partial charge in [0.05, 0.1) is 0 Å². The number of nitrogens with two attached hydrogens (primary N) is 1. The van der Waals surface area contributed by atoms with Gasteiger partial charge < -0.3 is 15.8 Å². The molecule has 0 atom stereocenters. The molecule has 0 unspecified atom stereocenters. The molecule has 2 rings (SSSR count). The van der Waals surface area contributed by atoms with Gasteiger partial charge in [0.2, 0.25) is 0 Å². The van der Waals surface area contributed by atoms with E-state index in [4.69, 9.17) is 10.9 Å². The highest BCUT2D eigenvalue weighted by molar-refractivity contribution is 7.09. The van der Waals surface area contributed by atoms with E-state index in [1.165, 1.54) is 4.88 Å². The first-order valence-electron chi connectivity index (χ1n) is 6.37. The fourth-order valence-electron chi connectivity index (χ4n) is 2.37. The van der Waals surface area contributed by atoms with Crippen LogP contribution in [0.4, 0.5) is 0 Å². The summed E-state index contributed by atoms with van der Waals surface area (Å²) in [5.74, 6) is 0.375. The lowest BCUT2D eigenvalue weighted by Crippen LogP contribution is -2.45. The standard InChI is InChI=1S/C13H21N3OS/c1-13(12(14)15-17)5-8-16(9-6-13)7-4-11-3-2-10-18-11/h2-3,10,17H,4-9H2,1H3,(H2,14,15). The molecule has 0 aliphatic carbocycles. The van der Waals surface area contributed by atoms with Crippen LogP contribution < -0.4 is 5.73 Å². The molecule has 100 valence electrons. The Morgan fingerprint density at radius 3 is 2.83 bits per heavy atom. The Balaban J connectivity index is 1.80. The molecule has 0 amide bonds. The number of hydrogen-bond donors (Lipinski definition) is 2. The van der Waals surface area contributed by atoms with Gasteiger partial charge in [0.1, 0.15) is 5.84 Å². The molecule has 2 heterocycles. The van der Waals surface area contributed by atoms with E-state index in [0.29, 0.717) is 5.84 Å². The van der Waals surface area contributed by atoms with Crippen LogP contribution in [-0.4, -0.2) is 35.6 Å². The molecular weight excluding hydrogens is 246 g/mol. The first-order valence-corrected chi connectivity index (χ1v) is 7.25. The monoisotopic (exact) mass is 267 g/mol. The van der Waals surface area contributed by atoms with Gasteiger partial charge in [-0.3, -0.25) is 0 Å². The largest absolute Gasteiger partial charge is 0.409 e. The molecule has 0 bridgehead atoms. The number of likely N-dealkylation sites (tertiary alicyclic amines) is 1. The molecule has 1 saturated heterocycles. The van der Waals surface area contributed by atoms with Crippen molar-refractivity contribution in [1.29, 1.82) is 0 Å². The average Bonchev–Trinajstić information content (AvgIpc) is 2.90. The number of thiophene rings is 1. The SMILES string of the molecule is CC1(/C(N)=N/O)CCN(CCc2cccs2)CC1. The van der Waals surface area contributed by atoms with Crippen molar-refractivity contribution in [3.63, 3.8) is 0 Å². The zero-order valence-corrected chi connectivity index (χ0v) is 11.6. The van der Waals surface area contributed by atoms with Crippen molar-refractivity contribution in [2.45, 2.75) is 26.2 Å². The lowest BCUT2D eigenvalue weighted by Gasteiger charge is -2.38. The van der Waals surface area contributed by atoms with Crippen molar-refractivity contribution >= 4 is 17.2 Å². The van der Waals surface area contributed by atoms with E-state index in [9.17, 15) is 0 Å². The van der Waals surface area contributed by atoms with Crippen LogP contribution >= 0.6 is 11.3 Å². The van der Waals surface area contributed by atoms with E-state index in [0.717, 1.165) is 38.9 Å². The Kier molecular flexibility index (Phi) is 4.24. The van der Waals surface area contributed by atoms with E-state index in [1.807, 2.05) is 11.3 Å². The molecule has 0 radical (unpaired) electrons. The van der Waals surface area contributed by atoms with Gasteiger partial charge in [0.25, 0.3) is 0 Å². The molecule has 0 spiro atoms. The molecule has 1 aromatic heterocycles. The third kappa shape index (κ3) is 3.03. The Labute approximate surface area is 112 Å². The molecule has 5 heteroatoms. The van der Waals surface area contributed by atoms with Crippen molar-refractivity contribution < 1.29 is 5.21 Å². The van der Waals surface area contributed by atoms with Crippen LogP contribution in [-0.2, 0) is 6.42 Å². The summed E-state index contributed by atoms with van der Waals surface area (Å²) < 4.78 is 0. The summed E-state index contributed by atoms with van der Waals surface area (Å²) in [4.78, 5) is 3.91. The van der Waals surface area contributed by atoms with Crippen LogP contribution in [0.3, 0.4) is 0 Å². The molecule has 0 aromatic carbocycles. The quantitative estimate of drug-likeness (QED) is 0.380. The van der Waals surface area contributed by atoms with E-state index in [2.05, 4.69) is 34.5 Å². The number of oxime groups is 1. The van der Waals surface area contributed by atoms with Gasteiger partial charge in [0.15, 0.2) is 0 Å². The van der Waals surface area contributed by atoms with Crippen LogP contribution in [0, 0.1) is 5.41 Å². The molecule has 3 N–H and O–H groups in total. The van der Waals surface area contributed by atoms with Gasteiger partial charge in [-0.1, -0.05) is 18.1 Å². The number of rotatable bonds is 4. The van der Waals surface area contributed by atoms with Crippen molar-refractivity contribution in [3.05, 3.63) is 22.4 Å². The predicted octanol–water partition coefficient (Wildman–Crippen LogP) is 2.14. The first kappa shape index (κ1) is 13.4. The molecule has 1 aliphatic heterocycles. The summed E-state index contributed by atoms with van der Waals surface area (Å²) in [7, 11) is 0. The van der Waals surface area contributed by atoms with E-state index in [1.54, 1.807) is 0 Å². The zero-order valence-electron chi connectivity index (χ0n) is 10.8. The van der Waals surface area contributed by atoms with E-state index < -0.39 is 0 Å². The van der Waals surface area contributed by atoms with E-state index >= 15 is 0 Å². The molecule has 0 saturated carbocycles. The van der Waals surface area contributed by atoms with Crippen LogP contribution in [0.25, 0.3) is 0 Å². The average molecular weight is 267 g/mol. The molecule has 4 nitrogen and oxygen atoms in total. The van der Waals surface area contributed by atoms with Crippen LogP contribution in [0.1, 0.15) is 24.6 Å². The summed E-state index contributed by atoms with van der Waals surface area (Å²) in [5, 5.41) is 14.1. The fraction of sp³-hybridized carbons (Fsp3) is 0.615. The lowest BCUT2D eigenvalue weighted by molar-refractivity contribution is 0.161. The lowest BCUT2D eigenvalue weighted by atomic mass is 9.79. The predicted molar refractivity (Wildman–Crippen MR) is 75.2 cm³/mol. The highest BCUT2D eigenvalue weighted by Crippen LogP contribution is 2.31. The van der Waals surface area contributed by atoms with Gasteiger partial charge in [-0.15, -0.1) is 11.3 Å². The van der Waals surface area contributed by atoms with Crippen molar-refractivity contribution in [2.75, 3.05) is 19.6 Å². The van der Waals surface area contributed by atoms with Gasteiger partial charge in [0, 0.05) is 16.8 Å². The smallest absolute Gasteiger partial charge is 0.145 e. The highest BCUT2D eigenvalue weighted by atomic mass is 32.1. The molecular formula is C13H21N3OS. The molecule has 1 aromatic rings. The third-order valence-corrected chi connectivity index (χ3v) is 4.88. The summed E-state index contributed by atoms with van der Waals surface area (Å²) in [6, 6.07) is 4.29. The molecule has 1 aliphatic rings. The maximum Gasteiger partial charge on any atom is 0.145 e. The normalized spacial score (nSPS) is 21.1. The van der Waals surface area contributed by atoms with Crippen LogP contribution in [0.5, 0.6) is 0 Å². The zero-order chi connectivity index (χ0) is 13.0. The summed E-state index contributed by atoms with van der Waals surface area (Å²) >= 11 is 1.82. The molecule has 18 heavy (non-hydrogen) atoms. The van der Waals surface area contributed by atoms with Gasteiger partial charge in [-0.05, 0) is 43.8 Å². The highest BCUT2D eigenvalue weighted by Gasteiger charge is 2.33. The number of nitrogens with zero attached hydrogens (tertiary/aromatic N) is 2. The summed E-state index contributed by atoms with van der Waals surface area (Å²) in [6.07, 6.45) is 3.05. The minimum Gasteiger partial charge on any atom is -0.409 e. The number of amidine groups is 1. The van der Waals surface area contributed by atoms with Gasteiger partial charge in [-0.25, -0.2) is 0 Å². The second-order valence-corrected chi connectivity index (χ2v) is 6.25. The van der Waals surface area contributed by atoms with Crippen molar-refractivity contribution in [2.24, 2.45) is 16.3 Å². The topological polar surface area (TPSA) is 61.9 Å². The van der Waals surface area contributed by atoms with Gasteiger partial charge >= 0.3 is 0 Å².